The second kappa shape index (κ2) is 4.44. The van der Waals surface area contributed by atoms with E-state index in [4.69, 9.17) is 5.11 Å². The minimum Gasteiger partial charge on any atom is -0.481 e. The molecule has 1 aliphatic rings. The fraction of sp³-hybridized carbons (Fsp3) is 0.500. The minimum absolute atomic E-state index is 0.180. The highest BCUT2D eigenvalue weighted by Gasteiger charge is 2.50. The number of carbonyl (C=O) groups is 2. The zero-order chi connectivity index (χ0) is 12.3. The SMILES string of the molecule is O=C(NCc1cn[nH]c1)NCC1(C(=O)O)CC1. The summed E-state index contributed by atoms with van der Waals surface area (Å²) >= 11 is 0. The second-order valence-electron chi connectivity index (χ2n) is 4.23. The Labute approximate surface area is 97.6 Å². The predicted octanol–water partition coefficient (Wildman–Crippen LogP) is 0.0737. The third kappa shape index (κ3) is 2.74. The van der Waals surface area contributed by atoms with Crippen molar-refractivity contribution in [1.82, 2.24) is 20.8 Å². The van der Waals surface area contributed by atoms with Gasteiger partial charge in [-0.05, 0) is 12.8 Å². The van der Waals surface area contributed by atoms with E-state index in [9.17, 15) is 9.59 Å². The van der Waals surface area contributed by atoms with Crippen molar-refractivity contribution in [3.63, 3.8) is 0 Å². The van der Waals surface area contributed by atoms with Crippen LogP contribution in [-0.2, 0) is 11.3 Å². The van der Waals surface area contributed by atoms with E-state index in [0.29, 0.717) is 19.4 Å². The summed E-state index contributed by atoms with van der Waals surface area (Å²) in [6.45, 7) is 0.544. The molecule has 7 heteroatoms. The maximum atomic E-state index is 11.4. The second-order valence-corrected chi connectivity index (χ2v) is 4.23. The first-order chi connectivity index (χ1) is 8.12. The number of H-pyrrole nitrogens is 1. The highest BCUT2D eigenvalue weighted by molar-refractivity contribution is 5.80. The summed E-state index contributed by atoms with van der Waals surface area (Å²) in [5, 5.41) is 20.5. The number of rotatable bonds is 5. The summed E-state index contributed by atoms with van der Waals surface area (Å²) in [5.74, 6) is -0.840. The Bertz CT molecular complexity index is 411. The number of nitrogens with zero attached hydrogens (tertiary/aromatic N) is 1. The topological polar surface area (TPSA) is 107 Å². The van der Waals surface area contributed by atoms with Gasteiger partial charge in [-0.3, -0.25) is 9.89 Å². The molecule has 7 nitrogen and oxygen atoms in total. The number of carbonyl (C=O) groups excluding carboxylic acids is 1. The molecule has 2 rings (SSSR count). The van der Waals surface area contributed by atoms with E-state index < -0.39 is 11.4 Å². The fourth-order valence-corrected chi connectivity index (χ4v) is 1.49. The smallest absolute Gasteiger partial charge is 0.315 e. The Kier molecular flexibility index (Phi) is 2.99. The van der Waals surface area contributed by atoms with Gasteiger partial charge in [-0.2, -0.15) is 5.10 Å². The summed E-state index contributed by atoms with van der Waals surface area (Å²) in [4.78, 5) is 22.2. The lowest BCUT2D eigenvalue weighted by molar-refractivity contribution is -0.143. The summed E-state index contributed by atoms with van der Waals surface area (Å²) in [5.41, 5.74) is 0.131. The molecule has 1 saturated carbocycles. The zero-order valence-corrected chi connectivity index (χ0v) is 9.19. The van der Waals surface area contributed by atoms with Crippen molar-refractivity contribution in [3.05, 3.63) is 18.0 Å². The van der Waals surface area contributed by atoms with Gasteiger partial charge in [-0.1, -0.05) is 0 Å². The predicted molar refractivity (Wildman–Crippen MR) is 58.1 cm³/mol. The van der Waals surface area contributed by atoms with E-state index in [1.54, 1.807) is 12.4 Å². The van der Waals surface area contributed by atoms with Gasteiger partial charge < -0.3 is 15.7 Å². The van der Waals surface area contributed by atoms with Gasteiger partial charge in [0.15, 0.2) is 0 Å². The van der Waals surface area contributed by atoms with Gasteiger partial charge in [0.2, 0.25) is 0 Å². The quantitative estimate of drug-likeness (QED) is 0.582. The average Bonchev–Trinajstić information content (AvgIpc) is 2.93. The molecule has 0 saturated heterocycles. The normalized spacial score (nSPS) is 16.2. The number of amides is 2. The lowest BCUT2D eigenvalue weighted by Crippen LogP contribution is -2.40. The van der Waals surface area contributed by atoms with E-state index in [0.717, 1.165) is 5.56 Å². The van der Waals surface area contributed by atoms with Gasteiger partial charge in [0.25, 0.3) is 0 Å². The first kappa shape index (κ1) is 11.4. The fourth-order valence-electron chi connectivity index (χ4n) is 1.49. The van der Waals surface area contributed by atoms with Crippen molar-refractivity contribution in [3.8, 4) is 0 Å². The van der Waals surface area contributed by atoms with Crippen LogP contribution in [0.1, 0.15) is 18.4 Å². The molecule has 0 spiro atoms. The Morgan fingerprint density at radius 2 is 2.24 bits per heavy atom. The zero-order valence-electron chi connectivity index (χ0n) is 9.19. The molecule has 0 atom stereocenters. The van der Waals surface area contributed by atoms with E-state index in [2.05, 4.69) is 20.8 Å². The number of hydrogen-bond acceptors (Lipinski definition) is 3. The summed E-state index contributed by atoms with van der Waals surface area (Å²) in [6.07, 6.45) is 4.55. The number of nitrogens with one attached hydrogen (secondary N) is 3. The molecule has 1 aromatic rings. The van der Waals surface area contributed by atoms with Gasteiger partial charge in [0, 0.05) is 24.8 Å². The van der Waals surface area contributed by atoms with Crippen molar-refractivity contribution >= 4 is 12.0 Å². The summed E-state index contributed by atoms with van der Waals surface area (Å²) < 4.78 is 0. The number of urea groups is 1. The number of aromatic amines is 1. The van der Waals surface area contributed by atoms with Crippen LogP contribution in [0, 0.1) is 5.41 Å². The standard InChI is InChI=1S/C10H14N4O3/c15-8(16)10(1-2-10)6-12-9(17)11-3-7-4-13-14-5-7/h4-5H,1-3,6H2,(H,13,14)(H,15,16)(H2,11,12,17). The molecule has 0 bridgehead atoms. The van der Waals surface area contributed by atoms with Crippen LogP contribution in [0.2, 0.25) is 0 Å². The largest absolute Gasteiger partial charge is 0.481 e. The van der Waals surface area contributed by atoms with Gasteiger partial charge in [-0.25, -0.2) is 4.79 Å². The number of carboxylic acid groups (broad SMARTS) is 1. The maximum absolute atomic E-state index is 11.4. The van der Waals surface area contributed by atoms with Crippen LogP contribution in [0.4, 0.5) is 4.79 Å². The molecular formula is C10H14N4O3. The third-order valence-corrected chi connectivity index (χ3v) is 2.90. The minimum atomic E-state index is -0.840. The van der Waals surface area contributed by atoms with Crippen LogP contribution in [0.25, 0.3) is 0 Å². The number of carboxylic acids is 1. The molecule has 4 N–H and O–H groups in total. The molecule has 92 valence electrons. The molecule has 0 aromatic carbocycles. The third-order valence-electron chi connectivity index (χ3n) is 2.90. The van der Waals surface area contributed by atoms with E-state index >= 15 is 0 Å². The molecule has 0 aliphatic heterocycles. The monoisotopic (exact) mass is 238 g/mol. The lowest BCUT2D eigenvalue weighted by Gasteiger charge is -2.11. The molecule has 0 radical (unpaired) electrons. The van der Waals surface area contributed by atoms with E-state index in [1.807, 2.05) is 0 Å². The number of aromatic nitrogens is 2. The highest BCUT2D eigenvalue weighted by Crippen LogP contribution is 2.45. The van der Waals surface area contributed by atoms with E-state index in [1.165, 1.54) is 0 Å². The summed E-state index contributed by atoms with van der Waals surface area (Å²) in [7, 11) is 0. The molecule has 1 heterocycles. The maximum Gasteiger partial charge on any atom is 0.315 e. The molecule has 0 unspecified atom stereocenters. The average molecular weight is 238 g/mol. The van der Waals surface area contributed by atoms with Crippen molar-refractivity contribution in [2.75, 3.05) is 6.54 Å². The molecule has 1 aromatic heterocycles. The first-order valence-electron chi connectivity index (χ1n) is 5.35. The van der Waals surface area contributed by atoms with Crippen LogP contribution in [0.5, 0.6) is 0 Å². The van der Waals surface area contributed by atoms with Crippen LogP contribution >= 0.6 is 0 Å². The molecular weight excluding hydrogens is 224 g/mol. The Hall–Kier alpha value is -2.05. The molecule has 2 amide bonds. The van der Waals surface area contributed by atoms with Gasteiger partial charge >= 0.3 is 12.0 Å². The van der Waals surface area contributed by atoms with Crippen LogP contribution < -0.4 is 10.6 Å². The van der Waals surface area contributed by atoms with Crippen LogP contribution in [-0.4, -0.2) is 33.8 Å². The summed E-state index contributed by atoms with van der Waals surface area (Å²) in [6, 6.07) is -0.362. The van der Waals surface area contributed by atoms with E-state index in [-0.39, 0.29) is 12.6 Å². The van der Waals surface area contributed by atoms with Crippen molar-refractivity contribution in [1.29, 1.82) is 0 Å². The van der Waals surface area contributed by atoms with Gasteiger partial charge in [0.1, 0.15) is 0 Å². The Balaban J connectivity index is 1.70. The first-order valence-corrected chi connectivity index (χ1v) is 5.35. The Morgan fingerprint density at radius 1 is 1.47 bits per heavy atom. The number of aliphatic carboxylic acids is 1. The Morgan fingerprint density at radius 3 is 2.76 bits per heavy atom. The lowest BCUT2D eigenvalue weighted by atomic mass is 10.1. The van der Waals surface area contributed by atoms with Crippen molar-refractivity contribution in [2.45, 2.75) is 19.4 Å². The van der Waals surface area contributed by atoms with Gasteiger partial charge in [-0.15, -0.1) is 0 Å². The molecule has 1 fully saturated rings. The van der Waals surface area contributed by atoms with Crippen LogP contribution in [0.3, 0.4) is 0 Å². The van der Waals surface area contributed by atoms with Gasteiger partial charge in [0.05, 0.1) is 11.6 Å². The molecule has 17 heavy (non-hydrogen) atoms. The van der Waals surface area contributed by atoms with Crippen molar-refractivity contribution < 1.29 is 14.7 Å². The molecule has 1 aliphatic carbocycles. The van der Waals surface area contributed by atoms with Crippen LogP contribution in [0.15, 0.2) is 12.4 Å². The number of hydrogen-bond donors (Lipinski definition) is 4. The highest BCUT2D eigenvalue weighted by atomic mass is 16.4. The van der Waals surface area contributed by atoms with Crippen molar-refractivity contribution in [2.24, 2.45) is 5.41 Å².